The van der Waals surface area contributed by atoms with Crippen LogP contribution in [0.25, 0.3) is 0 Å². The van der Waals surface area contributed by atoms with E-state index in [1.165, 1.54) is 32.1 Å². The van der Waals surface area contributed by atoms with Crippen molar-refractivity contribution in [2.45, 2.75) is 64.0 Å². The van der Waals surface area contributed by atoms with Crippen LogP contribution in [0.15, 0.2) is 18.3 Å². The maximum atomic E-state index is 12.5. The molecule has 3 unspecified atom stereocenters. The Morgan fingerprint density at radius 3 is 2.83 bits per heavy atom. The monoisotopic (exact) mass is 314 g/mol. The molecule has 3 aliphatic carbocycles. The summed E-state index contributed by atoms with van der Waals surface area (Å²) in [5, 5.41) is 3.13. The largest absolute Gasteiger partial charge is 0.474 e. The van der Waals surface area contributed by atoms with Gasteiger partial charge >= 0.3 is 0 Å². The normalized spacial score (nSPS) is 29.8. The summed E-state index contributed by atoms with van der Waals surface area (Å²) in [5.74, 6) is 2.60. The van der Waals surface area contributed by atoms with Crippen LogP contribution in [-0.4, -0.2) is 17.0 Å². The summed E-state index contributed by atoms with van der Waals surface area (Å²) in [4.78, 5) is 16.9. The number of pyridine rings is 1. The van der Waals surface area contributed by atoms with E-state index in [2.05, 4.69) is 10.3 Å². The molecular weight excluding hydrogens is 288 g/mol. The van der Waals surface area contributed by atoms with Crippen LogP contribution < -0.4 is 10.1 Å². The molecule has 1 heterocycles. The van der Waals surface area contributed by atoms with E-state index in [9.17, 15) is 4.79 Å². The third-order valence-electron chi connectivity index (χ3n) is 5.96. The van der Waals surface area contributed by atoms with Crippen LogP contribution in [0.1, 0.15) is 56.9 Å². The number of rotatable bonds is 5. The molecule has 1 N–H and O–H groups in total. The molecule has 4 rings (SSSR count). The molecule has 4 heteroatoms. The van der Waals surface area contributed by atoms with Crippen molar-refractivity contribution in [2.75, 3.05) is 0 Å². The summed E-state index contributed by atoms with van der Waals surface area (Å²) in [6.07, 6.45) is 11.7. The van der Waals surface area contributed by atoms with Crippen LogP contribution in [0.5, 0.6) is 5.88 Å². The molecule has 124 valence electrons. The number of nitrogens with one attached hydrogen (secondary N) is 1. The lowest BCUT2D eigenvalue weighted by Crippen LogP contribution is -2.33. The first-order valence-electron chi connectivity index (χ1n) is 9.18. The van der Waals surface area contributed by atoms with Gasteiger partial charge in [-0.3, -0.25) is 4.79 Å². The van der Waals surface area contributed by atoms with Crippen molar-refractivity contribution in [3.63, 3.8) is 0 Å². The van der Waals surface area contributed by atoms with Gasteiger partial charge in [0.05, 0.1) is 0 Å². The Morgan fingerprint density at radius 2 is 2.09 bits per heavy atom. The van der Waals surface area contributed by atoms with Crippen molar-refractivity contribution in [2.24, 2.45) is 17.8 Å². The van der Waals surface area contributed by atoms with Crippen molar-refractivity contribution in [1.29, 1.82) is 0 Å². The van der Waals surface area contributed by atoms with Crippen LogP contribution in [0.4, 0.5) is 0 Å². The second-order valence-electron chi connectivity index (χ2n) is 7.49. The maximum Gasteiger partial charge on any atom is 0.223 e. The molecule has 3 saturated carbocycles. The van der Waals surface area contributed by atoms with Gasteiger partial charge in [-0.2, -0.15) is 0 Å². The molecule has 3 atom stereocenters. The number of amides is 1. The van der Waals surface area contributed by atoms with Gasteiger partial charge in [-0.25, -0.2) is 4.98 Å². The van der Waals surface area contributed by atoms with Gasteiger partial charge in [-0.15, -0.1) is 0 Å². The highest BCUT2D eigenvalue weighted by atomic mass is 16.5. The van der Waals surface area contributed by atoms with Gasteiger partial charge in [-0.1, -0.05) is 12.5 Å². The van der Waals surface area contributed by atoms with Crippen LogP contribution in [0.2, 0.25) is 0 Å². The average molecular weight is 314 g/mol. The van der Waals surface area contributed by atoms with Gasteiger partial charge in [0.15, 0.2) is 0 Å². The van der Waals surface area contributed by atoms with Gasteiger partial charge in [0.1, 0.15) is 6.10 Å². The third kappa shape index (κ3) is 3.22. The molecule has 3 fully saturated rings. The zero-order valence-corrected chi connectivity index (χ0v) is 13.7. The molecule has 2 bridgehead atoms. The first-order valence-corrected chi connectivity index (χ1v) is 9.18. The van der Waals surface area contributed by atoms with Gasteiger partial charge < -0.3 is 10.1 Å². The minimum Gasteiger partial charge on any atom is -0.474 e. The summed E-state index contributed by atoms with van der Waals surface area (Å²) in [7, 11) is 0. The van der Waals surface area contributed by atoms with E-state index in [1.54, 1.807) is 6.20 Å². The molecule has 1 aromatic heterocycles. The summed E-state index contributed by atoms with van der Waals surface area (Å²) >= 11 is 0. The highest BCUT2D eigenvalue weighted by Gasteiger charge is 2.42. The summed E-state index contributed by atoms with van der Waals surface area (Å²) in [6.45, 7) is 0.530. The highest BCUT2D eigenvalue weighted by molar-refractivity contribution is 5.79. The predicted octanol–water partition coefficient (Wildman–Crippen LogP) is 3.46. The van der Waals surface area contributed by atoms with Crippen LogP contribution in [0.3, 0.4) is 0 Å². The number of nitrogens with zero attached hydrogens (tertiary/aromatic N) is 1. The van der Waals surface area contributed by atoms with Crippen LogP contribution in [0, 0.1) is 17.8 Å². The Hall–Kier alpha value is -1.58. The molecular formula is C19H26N2O2. The number of aromatic nitrogens is 1. The lowest BCUT2D eigenvalue weighted by molar-refractivity contribution is -0.126. The number of carbonyl (C=O) groups excluding carboxylic acids is 1. The minimum absolute atomic E-state index is 0.230. The van der Waals surface area contributed by atoms with E-state index in [0.29, 0.717) is 24.4 Å². The standard InChI is InChI=1S/C19H26N2O2/c22-18(17-11-13-7-8-14(17)10-13)21-12-15-4-3-9-20-19(15)23-16-5-1-2-6-16/h3-4,9,13-14,16-17H,1-2,5-8,10-12H2,(H,21,22). The molecule has 3 aliphatic rings. The Balaban J connectivity index is 1.36. The van der Waals surface area contributed by atoms with Crippen molar-refractivity contribution in [3.8, 4) is 5.88 Å². The van der Waals surface area contributed by atoms with Gasteiger partial charge in [0.25, 0.3) is 0 Å². The van der Waals surface area contributed by atoms with Gasteiger partial charge in [0, 0.05) is 24.2 Å². The predicted molar refractivity (Wildman–Crippen MR) is 87.9 cm³/mol. The topological polar surface area (TPSA) is 51.2 Å². The van der Waals surface area contributed by atoms with Crippen molar-refractivity contribution in [1.82, 2.24) is 10.3 Å². The van der Waals surface area contributed by atoms with E-state index in [4.69, 9.17) is 4.74 Å². The number of fused-ring (bicyclic) bond motifs is 2. The molecule has 0 spiro atoms. The average Bonchev–Trinajstić information content (AvgIpc) is 3.31. The third-order valence-corrected chi connectivity index (χ3v) is 5.96. The minimum atomic E-state index is 0.230. The fraction of sp³-hybridized carbons (Fsp3) is 0.684. The van der Waals surface area contributed by atoms with E-state index >= 15 is 0 Å². The molecule has 4 nitrogen and oxygen atoms in total. The zero-order chi connectivity index (χ0) is 15.6. The smallest absolute Gasteiger partial charge is 0.223 e. The van der Waals surface area contributed by atoms with E-state index in [-0.39, 0.29) is 11.8 Å². The number of hydrogen-bond acceptors (Lipinski definition) is 3. The van der Waals surface area contributed by atoms with E-state index in [1.807, 2.05) is 12.1 Å². The summed E-state index contributed by atoms with van der Waals surface area (Å²) in [6, 6.07) is 3.93. The van der Waals surface area contributed by atoms with E-state index in [0.717, 1.165) is 30.7 Å². The van der Waals surface area contributed by atoms with Gasteiger partial charge in [0.2, 0.25) is 11.8 Å². The second kappa shape index (κ2) is 6.50. The van der Waals surface area contributed by atoms with Crippen LogP contribution >= 0.6 is 0 Å². The Bertz CT molecular complexity index is 568. The quantitative estimate of drug-likeness (QED) is 0.905. The SMILES string of the molecule is O=C(NCc1cccnc1OC1CCCC1)C1CC2CCC1C2. The summed E-state index contributed by atoms with van der Waals surface area (Å²) < 4.78 is 6.05. The summed E-state index contributed by atoms with van der Waals surface area (Å²) in [5.41, 5.74) is 0.996. The fourth-order valence-electron chi connectivity index (χ4n) is 4.71. The Kier molecular flexibility index (Phi) is 4.23. The van der Waals surface area contributed by atoms with Crippen LogP contribution in [-0.2, 0) is 11.3 Å². The molecule has 1 aromatic rings. The molecule has 0 radical (unpaired) electrons. The highest BCUT2D eigenvalue weighted by Crippen LogP contribution is 2.48. The molecule has 23 heavy (non-hydrogen) atoms. The van der Waals surface area contributed by atoms with Gasteiger partial charge in [-0.05, 0) is 62.8 Å². The number of ether oxygens (including phenoxy) is 1. The number of hydrogen-bond donors (Lipinski definition) is 1. The van der Waals surface area contributed by atoms with Crippen molar-refractivity contribution < 1.29 is 9.53 Å². The molecule has 0 aliphatic heterocycles. The van der Waals surface area contributed by atoms with Crippen molar-refractivity contribution in [3.05, 3.63) is 23.9 Å². The molecule has 0 saturated heterocycles. The number of carbonyl (C=O) groups is 1. The Morgan fingerprint density at radius 1 is 1.22 bits per heavy atom. The zero-order valence-electron chi connectivity index (χ0n) is 13.7. The maximum absolute atomic E-state index is 12.5. The van der Waals surface area contributed by atoms with Crippen molar-refractivity contribution >= 4 is 5.91 Å². The van der Waals surface area contributed by atoms with E-state index < -0.39 is 0 Å². The first-order chi connectivity index (χ1) is 11.3. The second-order valence-corrected chi connectivity index (χ2v) is 7.49. The molecule has 1 amide bonds. The first kappa shape index (κ1) is 15.0. The Labute approximate surface area is 138 Å². The lowest BCUT2D eigenvalue weighted by atomic mass is 9.88. The lowest BCUT2D eigenvalue weighted by Gasteiger charge is -2.21. The fourth-order valence-corrected chi connectivity index (χ4v) is 4.71. The molecule has 0 aromatic carbocycles.